The Labute approximate surface area is 189 Å². The summed E-state index contributed by atoms with van der Waals surface area (Å²) >= 11 is 12.4. The molecule has 0 N–H and O–H groups in total. The molecule has 3 aromatic rings. The van der Waals surface area contributed by atoms with E-state index < -0.39 is 11.6 Å². The summed E-state index contributed by atoms with van der Waals surface area (Å²) < 4.78 is 6.24. The van der Waals surface area contributed by atoms with Crippen LogP contribution in [0.3, 0.4) is 0 Å². The van der Waals surface area contributed by atoms with Gasteiger partial charge in [-0.25, -0.2) is 0 Å². The number of rotatable bonds is 3. The van der Waals surface area contributed by atoms with Crippen molar-refractivity contribution in [2.24, 2.45) is 0 Å². The number of benzene rings is 3. The van der Waals surface area contributed by atoms with Gasteiger partial charge in [0.25, 0.3) is 5.91 Å². The first-order valence-electron chi connectivity index (χ1n) is 9.78. The highest BCUT2D eigenvalue weighted by Crippen LogP contribution is 2.53. The summed E-state index contributed by atoms with van der Waals surface area (Å²) in [7, 11) is 1.71. The molecular formula is C24H18Cl2N2O3. The molecule has 2 aliphatic heterocycles. The third kappa shape index (κ3) is 2.92. The van der Waals surface area contributed by atoms with Crippen LogP contribution in [-0.4, -0.2) is 36.4 Å². The van der Waals surface area contributed by atoms with E-state index in [9.17, 15) is 9.59 Å². The normalized spacial score (nSPS) is 22.4. The highest BCUT2D eigenvalue weighted by Gasteiger charge is 2.66. The van der Waals surface area contributed by atoms with Crippen molar-refractivity contribution in [2.75, 3.05) is 18.5 Å². The smallest absolute Gasteiger partial charge is 0.268 e. The number of β-lactam (4-membered cyclic amide) rings is 1. The lowest BCUT2D eigenvalue weighted by Gasteiger charge is -2.56. The Morgan fingerprint density at radius 2 is 1.61 bits per heavy atom. The minimum Gasteiger partial charge on any atom is -0.477 e. The maximum atomic E-state index is 13.3. The number of likely N-dealkylation sites (N-methyl/N-ethyl adjacent to an activating group) is 1. The van der Waals surface area contributed by atoms with Crippen LogP contribution in [0, 0.1) is 0 Å². The minimum atomic E-state index is -1.00. The number of carbonyl (C=O) groups is 2. The van der Waals surface area contributed by atoms with E-state index >= 15 is 0 Å². The van der Waals surface area contributed by atoms with Crippen molar-refractivity contribution >= 4 is 40.7 Å². The van der Waals surface area contributed by atoms with Crippen molar-refractivity contribution in [1.82, 2.24) is 4.90 Å². The summed E-state index contributed by atoms with van der Waals surface area (Å²) in [4.78, 5) is 29.4. The van der Waals surface area contributed by atoms with Gasteiger partial charge in [-0.3, -0.25) is 9.59 Å². The lowest BCUT2D eigenvalue weighted by Crippen LogP contribution is -2.74. The van der Waals surface area contributed by atoms with Crippen LogP contribution in [0.15, 0.2) is 72.8 Å². The van der Waals surface area contributed by atoms with Gasteiger partial charge in [-0.2, -0.15) is 0 Å². The zero-order chi connectivity index (χ0) is 21.8. The summed E-state index contributed by atoms with van der Waals surface area (Å²) in [5.74, 6) is 0.0817. The molecule has 1 fully saturated rings. The van der Waals surface area contributed by atoms with E-state index in [1.54, 1.807) is 47.2 Å². The summed E-state index contributed by atoms with van der Waals surface area (Å²) in [5.41, 5.74) is 1.29. The molecule has 0 radical (unpaired) electrons. The van der Waals surface area contributed by atoms with Gasteiger partial charge in [-0.15, -0.1) is 0 Å². The molecule has 7 heteroatoms. The van der Waals surface area contributed by atoms with E-state index in [1.807, 2.05) is 42.5 Å². The monoisotopic (exact) mass is 452 g/mol. The molecule has 156 valence electrons. The number of hydrogen-bond acceptors (Lipinski definition) is 3. The van der Waals surface area contributed by atoms with Crippen LogP contribution >= 0.6 is 23.2 Å². The van der Waals surface area contributed by atoms with Crippen LogP contribution in [0.4, 0.5) is 5.69 Å². The average Bonchev–Trinajstić information content (AvgIpc) is 2.86. The lowest BCUT2D eigenvalue weighted by atomic mass is 9.69. The van der Waals surface area contributed by atoms with Crippen LogP contribution in [0.25, 0.3) is 0 Å². The van der Waals surface area contributed by atoms with E-state index in [1.165, 1.54) is 0 Å². The predicted molar refractivity (Wildman–Crippen MR) is 120 cm³/mol. The molecule has 0 aliphatic carbocycles. The second-order valence-corrected chi connectivity index (χ2v) is 8.50. The molecule has 0 aromatic heterocycles. The van der Waals surface area contributed by atoms with Gasteiger partial charge in [-0.05, 0) is 48.0 Å². The van der Waals surface area contributed by atoms with Crippen LogP contribution in [-0.2, 0) is 15.1 Å². The summed E-state index contributed by atoms with van der Waals surface area (Å²) in [6.45, 7) is -0.0585. The molecule has 2 heterocycles. The molecule has 1 saturated heterocycles. The Morgan fingerprint density at radius 3 is 2.32 bits per heavy atom. The summed E-state index contributed by atoms with van der Waals surface area (Å²) in [5, 5.41) is 1.09. The molecular weight excluding hydrogens is 435 g/mol. The maximum Gasteiger partial charge on any atom is 0.268 e. The van der Waals surface area contributed by atoms with Crippen LogP contribution in [0.1, 0.15) is 11.1 Å². The van der Waals surface area contributed by atoms with Gasteiger partial charge in [0.05, 0.1) is 0 Å². The molecule has 5 nitrogen and oxygen atoms in total. The van der Waals surface area contributed by atoms with Gasteiger partial charge in [-0.1, -0.05) is 53.5 Å². The zero-order valence-corrected chi connectivity index (χ0v) is 18.1. The van der Waals surface area contributed by atoms with E-state index in [0.29, 0.717) is 21.5 Å². The van der Waals surface area contributed by atoms with Gasteiger partial charge in [0, 0.05) is 28.3 Å². The third-order valence-corrected chi connectivity index (χ3v) is 6.46. The molecule has 2 amide bonds. The summed E-state index contributed by atoms with van der Waals surface area (Å²) in [6.07, 6.45) is -0.868. The first kappa shape index (κ1) is 19.9. The van der Waals surface area contributed by atoms with Gasteiger partial charge in [0.2, 0.25) is 12.0 Å². The Hall–Kier alpha value is -3.02. The number of fused-ring (bicyclic) bond motifs is 3. The van der Waals surface area contributed by atoms with Crippen LogP contribution in [0.2, 0.25) is 10.0 Å². The van der Waals surface area contributed by atoms with Crippen molar-refractivity contribution < 1.29 is 14.3 Å². The lowest BCUT2D eigenvalue weighted by molar-refractivity contribution is -0.177. The number of anilines is 1. The molecule has 2 aliphatic rings. The predicted octanol–water partition coefficient (Wildman–Crippen LogP) is 4.50. The summed E-state index contributed by atoms with van der Waals surface area (Å²) in [6, 6.07) is 21.9. The number of amides is 2. The van der Waals surface area contributed by atoms with Crippen molar-refractivity contribution in [3.63, 3.8) is 0 Å². The highest BCUT2D eigenvalue weighted by molar-refractivity contribution is 6.31. The van der Waals surface area contributed by atoms with Gasteiger partial charge >= 0.3 is 0 Å². The van der Waals surface area contributed by atoms with E-state index in [2.05, 4.69) is 0 Å². The fourth-order valence-electron chi connectivity index (χ4n) is 4.48. The van der Waals surface area contributed by atoms with Gasteiger partial charge < -0.3 is 14.5 Å². The maximum absolute atomic E-state index is 13.3. The second kappa shape index (κ2) is 7.29. The Kier molecular flexibility index (Phi) is 4.68. The van der Waals surface area contributed by atoms with E-state index in [0.717, 1.165) is 11.1 Å². The molecule has 31 heavy (non-hydrogen) atoms. The zero-order valence-electron chi connectivity index (χ0n) is 16.6. The third-order valence-electron chi connectivity index (χ3n) is 5.98. The topological polar surface area (TPSA) is 49.9 Å². The molecule has 0 spiro atoms. The molecule has 0 bridgehead atoms. The van der Waals surface area contributed by atoms with E-state index in [-0.39, 0.29) is 18.4 Å². The van der Waals surface area contributed by atoms with Crippen molar-refractivity contribution in [3.8, 4) is 5.75 Å². The Bertz CT molecular complexity index is 1180. The largest absolute Gasteiger partial charge is 0.477 e. The molecule has 5 rings (SSSR count). The van der Waals surface area contributed by atoms with Gasteiger partial charge in [0.15, 0.2) is 0 Å². The fraction of sp³-hybridized carbons (Fsp3) is 0.167. The quantitative estimate of drug-likeness (QED) is 0.549. The Balaban J connectivity index is 1.76. The van der Waals surface area contributed by atoms with Crippen molar-refractivity contribution in [2.45, 2.75) is 11.6 Å². The molecule has 0 saturated carbocycles. The minimum absolute atomic E-state index is 0.0585. The first-order valence-corrected chi connectivity index (χ1v) is 10.5. The van der Waals surface area contributed by atoms with Gasteiger partial charge in [0.1, 0.15) is 17.8 Å². The number of nitrogens with zero attached hydrogens (tertiary/aromatic N) is 2. The number of carbonyl (C=O) groups excluding carboxylic acids is 2. The second-order valence-electron chi connectivity index (χ2n) is 7.62. The number of hydrogen-bond donors (Lipinski definition) is 0. The van der Waals surface area contributed by atoms with Crippen molar-refractivity contribution in [3.05, 3.63) is 94.0 Å². The molecule has 3 aromatic carbocycles. The molecule has 2 unspecified atom stereocenters. The fourth-order valence-corrected chi connectivity index (χ4v) is 4.78. The first-order chi connectivity index (χ1) is 14.9. The van der Waals surface area contributed by atoms with Crippen LogP contribution < -0.4 is 9.64 Å². The standard InChI is InChI=1S/C24H18Cl2N2O3/c1-27-20-12-9-17(26)13-19(20)24(15-5-3-2-4-6-15)22(23(30)28(24)14-21(27)29)31-18-10-7-16(25)8-11-18/h2-13,22H,14H2,1H3. The van der Waals surface area contributed by atoms with Crippen molar-refractivity contribution in [1.29, 1.82) is 0 Å². The Morgan fingerprint density at radius 1 is 0.935 bits per heavy atom. The SMILES string of the molecule is CN1C(=O)CN2C(=O)C(Oc3ccc(Cl)cc3)C2(c2ccccc2)c2cc(Cl)ccc21. The molecule has 2 atom stereocenters. The van der Waals surface area contributed by atoms with E-state index in [4.69, 9.17) is 27.9 Å². The average molecular weight is 453 g/mol. The number of ether oxygens (including phenoxy) is 1. The highest BCUT2D eigenvalue weighted by atomic mass is 35.5. The number of halogens is 2. The van der Waals surface area contributed by atoms with Crippen LogP contribution in [0.5, 0.6) is 5.75 Å².